The lowest BCUT2D eigenvalue weighted by Gasteiger charge is -2.14. The third kappa shape index (κ3) is 3.73. The number of aromatic nitrogens is 3. The number of carbonyl (C=O) groups excluding carboxylic acids is 2. The van der Waals surface area contributed by atoms with Crippen molar-refractivity contribution in [3.8, 4) is 11.4 Å². The Morgan fingerprint density at radius 3 is 2.87 bits per heavy atom. The van der Waals surface area contributed by atoms with E-state index in [9.17, 15) is 9.59 Å². The molecule has 7 heteroatoms. The van der Waals surface area contributed by atoms with Crippen molar-refractivity contribution < 1.29 is 9.59 Å². The van der Waals surface area contributed by atoms with Crippen molar-refractivity contribution in [1.82, 2.24) is 15.0 Å². The summed E-state index contributed by atoms with van der Waals surface area (Å²) in [6.07, 6.45) is 3.77. The molecule has 1 aliphatic rings. The van der Waals surface area contributed by atoms with E-state index in [1.54, 1.807) is 30.3 Å². The number of amides is 1. The van der Waals surface area contributed by atoms with E-state index < -0.39 is 0 Å². The fourth-order valence-electron chi connectivity index (χ4n) is 2.46. The Balaban J connectivity index is 1.77. The van der Waals surface area contributed by atoms with E-state index in [1.165, 1.54) is 11.8 Å². The average Bonchev–Trinajstić information content (AvgIpc) is 2.95. The Labute approximate surface area is 138 Å². The zero-order valence-corrected chi connectivity index (χ0v) is 13.5. The molecule has 0 aromatic carbocycles. The minimum Gasteiger partial charge on any atom is -0.288 e. The molecule has 1 atom stereocenters. The summed E-state index contributed by atoms with van der Waals surface area (Å²) < 4.78 is 0. The maximum Gasteiger partial charge on any atom is 0.232 e. The lowest BCUT2D eigenvalue weighted by atomic mass is 10.1. The van der Waals surface area contributed by atoms with Crippen molar-refractivity contribution in [1.29, 1.82) is 0 Å². The third-order valence-corrected chi connectivity index (χ3v) is 4.58. The van der Waals surface area contributed by atoms with Gasteiger partial charge in [0.15, 0.2) is 5.12 Å². The predicted octanol–water partition coefficient (Wildman–Crippen LogP) is 2.17. The third-order valence-electron chi connectivity index (χ3n) is 3.54. The highest BCUT2D eigenvalue weighted by molar-refractivity contribution is 8.13. The molecule has 6 nitrogen and oxygen atoms in total. The number of nitrogens with zero attached hydrogens (tertiary/aromatic N) is 4. The molecule has 2 aromatic heterocycles. The van der Waals surface area contributed by atoms with Crippen molar-refractivity contribution in [2.45, 2.75) is 13.3 Å². The quantitative estimate of drug-likeness (QED) is 0.856. The summed E-state index contributed by atoms with van der Waals surface area (Å²) in [5.41, 5.74) is 1.43. The summed E-state index contributed by atoms with van der Waals surface area (Å²) in [5.74, 6) is 1.20. The highest BCUT2D eigenvalue weighted by Gasteiger charge is 2.32. The van der Waals surface area contributed by atoms with Crippen LogP contribution in [0, 0.1) is 5.92 Å². The van der Waals surface area contributed by atoms with Gasteiger partial charge in [0, 0.05) is 38.0 Å². The molecule has 0 saturated carbocycles. The van der Waals surface area contributed by atoms with Gasteiger partial charge < -0.3 is 0 Å². The van der Waals surface area contributed by atoms with Crippen molar-refractivity contribution in [3.05, 3.63) is 36.7 Å². The number of hydrogen-bond donors (Lipinski definition) is 0. The first-order valence-corrected chi connectivity index (χ1v) is 8.30. The fraction of sp³-hybridized carbons (Fsp3) is 0.312. The molecule has 118 valence electrons. The zero-order valence-electron chi connectivity index (χ0n) is 12.7. The van der Waals surface area contributed by atoms with Crippen molar-refractivity contribution >= 4 is 28.7 Å². The highest BCUT2D eigenvalue weighted by Crippen LogP contribution is 2.26. The van der Waals surface area contributed by atoms with Gasteiger partial charge in [-0.15, -0.1) is 0 Å². The number of carbonyl (C=O) groups is 2. The second-order valence-electron chi connectivity index (χ2n) is 5.33. The molecule has 0 N–H and O–H groups in total. The molecule has 0 spiro atoms. The van der Waals surface area contributed by atoms with Crippen LogP contribution in [0.25, 0.3) is 11.4 Å². The van der Waals surface area contributed by atoms with Crippen molar-refractivity contribution in [3.63, 3.8) is 0 Å². The van der Waals surface area contributed by atoms with Crippen LogP contribution in [0.1, 0.15) is 13.3 Å². The molecule has 1 fully saturated rings. The summed E-state index contributed by atoms with van der Waals surface area (Å²) >= 11 is 1.26. The van der Waals surface area contributed by atoms with Crippen LogP contribution in [0.5, 0.6) is 0 Å². The second-order valence-corrected chi connectivity index (χ2v) is 6.53. The maximum atomic E-state index is 12.2. The van der Waals surface area contributed by atoms with Crippen molar-refractivity contribution in [2.75, 3.05) is 17.2 Å². The first-order chi connectivity index (χ1) is 11.1. The zero-order chi connectivity index (χ0) is 16.2. The van der Waals surface area contributed by atoms with Crippen LogP contribution in [0.2, 0.25) is 0 Å². The molecule has 0 radical (unpaired) electrons. The van der Waals surface area contributed by atoms with E-state index in [4.69, 9.17) is 0 Å². The first-order valence-electron chi connectivity index (χ1n) is 7.31. The summed E-state index contributed by atoms with van der Waals surface area (Å²) in [5, 5.41) is 0.0734. The van der Waals surface area contributed by atoms with Gasteiger partial charge >= 0.3 is 0 Å². The van der Waals surface area contributed by atoms with Crippen LogP contribution in [0.4, 0.5) is 5.95 Å². The summed E-state index contributed by atoms with van der Waals surface area (Å²) in [7, 11) is 0. The van der Waals surface area contributed by atoms with Crippen LogP contribution in [-0.2, 0) is 9.59 Å². The van der Waals surface area contributed by atoms with Gasteiger partial charge in [0.25, 0.3) is 0 Å². The van der Waals surface area contributed by atoms with Gasteiger partial charge in [-0.05, 0) is 24.1 Å². The van der Waals surface area contributed by atoms with E-state index in [-0.39, 0.29) is 16.9 Å². The van der Waals surface area contributed by atoms with Crippen LogP contribution < -0.4 is 4.90 Å². The van der Waals surface area contributed by atoms with E-state index >= 15 is 0 Å². The molecule has 23 heavy (non-hydrogen) atoms. The number of pyridine rings is 1. The van der Waals surface area contributed by atoms with Crippen LogP contribution >= 0.6 is 11.8 Å². The van der Waals surface area contributed by atoms with E-state index in [0.29, 0.717) is 30.4 Å². The maximum absolute atomic E-state index is 12.2. The number of hydrogen-bond acceptors (Lipinski definition) is 6. The van der Waals surface area contributed by atoms with Gasteiger partial charge in [-0.25, -0.2) is 9.97 Å². The molecular formula is C16H16N4O2S. The first kappa shape index (κ1) is 15.6. The van der Waals surface area contributed by atoms with Crippen LogP contribution in [0.3, 0.4) is 0 Å². The molecule has 0 aliphatic carbocycles. The molecule has 1 amide bonds. The van der Waals surface area contributed by atoms with E-state index in [2.05, 4.69) is 15.0 Å². The minimum absolute atomic E-state index is 0.00248. The summed E-state index contributed by atoms with van der Waals surface area (Å²) in [4.78, 5) is 37.8. The smallest absolute Gasteiger partial charge is 0.232 e. The average molecular weight is 328 g/mol. The Morgan fingerprint density at radius 1 is 1.26 bits per heavy atom. The molecule has 0 bridgehead atoms. The number of rotatable bonds is 4. The summed E-state index contributed by atoms with van der Waals surface area (Å²) in [6.45, 7) is 2.09. The lowest BCUT2D eigenvalue weighted by Crippen LogP contribution is -2.27. The Kier molecular flexibility index (Phi) is 4.66. The van der Waals surface area contributed by atoms with Gasteiger partial charge in [0.05, 0.1) is 11.4 Å². The van der Waals surface area contributed by atoms with Crippen LogP contribution in [-0.4, -0.2) is 38.3 Å². The minimum atomic E-state index is -0.00248. The Hall–Kier alpha value is -2.28. The SMILES string of the molecule is CC(=O)SCC1CC(=O)N(c2nccc(-c3ccccn3)n2)C1. The highest BCUT2D eigenvalue weighted by atomic mass is 32.2. The Bertz CT molecular complexity index is 723. The largest absolute Gasteiger partial charge is 0.288 e. The molecular weight excluding hydrogens is 312 g/mol. The molecule has 3 rings (SSSR count). The Morgan fingerprint density at radius 2 is 2.13 bits per heavy atom. The van der Waals surface area contributed by atoms with Crippen molar-refractivity contribution in [2.24, 2.45) is 5.92 Å². The van der Waals surface area contributed by atoms with Gasteiger partial charge in [-0.2, -0.15) is 0 Å². The number of anilines is 1. The monoisotopic (exact) mass is 328 g/mol. The van der Waals surface area contributed by atoms with Gasteiger partial charge in [0.1, 0.15) is 0 Å². The van der Waals surface area contributed by atoms with Crippen LogP contribution in [0.15, 0.2) is 36.7 Å². The second kappa shape index (κ2) is 6.87. The van der Waals surface area contributed by atoms with Gasteiger partial charge in [-0.3, -0.25) is 19.5 Å². The van der Waals surface area contributed by atoms with Gasteiger partial charge in [-0.1, -0.05) is 17.8 Å². The summed E-state index contributed by atoms with van der Waals surface area (Å²) in [6, 6.07) is 7.37. The topological polar surface area (TPSA) is 76.1 Å². The predicted molar refractivity (Wildman–Crippen MR) is 88.9 cm³/mol. The van der Waals surface area contributed by atoms with E-state index in [0.717, 1.165) is 5.69 Å². The standard InChI is InChI=1S/C16H16N4O2S/c1-11(21)23-10-12-8-15(22)20(9-12)16-18-7-5-14(19-16)13-4-2-3-6-17-13/h2-7,12H,8-10H2,1H3. The lowest BCUT2D eigenvalue weighted by molar-refractivity contribution is -0.117. The molecule has 1 aliphatic heterocycles. The molecule has 1 saturated heterocycles. The van der Waals surface area contributed by atoms with E-state index in [1.807, 2.05) is 18.2 Å². The molecule has 1 unspecified atom stereocenters. The number of thioether (sulfide) groups is 1. The molecule has 2 aromatic rings. The normalized spacial score (nSPS) is 17.5. The molecule has 3 heterocycles. The van der Waals surface area contributed by atoms with Gasteiger partial charge in [0.2, 0.25) is 11.9 Å². The fourth-order valence-corrected chi connectivity index (χ4v) is 3.15.